The van der Waals surface area contributed by atoms with Crippen molar-refractivity contribution in [3.63, 3.8) is 0 Å². The normalized spacial score (nSPS) is 13.7. The lowest BCUT2D eigenvalue weighted by atomic mass is 9.90. The van der Waals surface area contributed by atoms with Crippen molar-refractivity contribution in [3.05, 3.63) is 66.2 Å². The molecule has 4 aromatic carbocycles. The Labute approximate surface area is 126 Å². The predicted octanol–water partition coefficient (Wildman–Crippen LogP) is 4.61. The first-order valence-electron chi connectivity index (χ1n) is 7.38. The van der Waals surface area contributed by atoms with Crippen molar-refractivity contribution in [2.24, 2.45) is 0 Å². The monoisotopic (exact) mass is 284 g/mol. The molecule has 1 heterocycles. The molecule has 2 heteroatoms. The van der Waals surface area contributed by atoms with E-state index in [4.69, 9.17) is 4.74 Å². The average molecular weight is 284 g/mol. The van der Waals surface area contributed by atoms with Gasteiger partial charge in [-0.3, -0.25) is 4.79 Å². The topological polar surface area (TPSA) is 26.3 Å². The Morgan fingerprint density at radius 2 is 1.55 bits per heavy atom. The maximum atomic E-state index is 12.0. The first-order chi connectivity index (χ1) is 10.8. The fourth-order valence-corrected chi connectivity index (χ4v) is 3.59. The van der Waals surface area contributed by atoms with Gasteiger partial charge in [-0.2, -0.15) is 0 Å². The van der Waals surface area contributed by atoms with Crippen LogP contribution in [0.5, 0.6) is 5.75 Å². The fraction of sp³-hybridized carbons (Fsp3) is 0.0500. The van der Waals surface area contributed by atoms with Gasteiger partial charge in [-0.05, 0) is 44.6 Å². The minimum Gasteiger partial charge on any atom is -0.426 e. The van der Waals surface area contributed by atoms with Crippen LogP contribution in [0.25, 0.3) is 32.3 Å². The number of rotatable bonds is 0. The van der Waals surface area contributed by atoms with E-state index >= 15 is 0 Å². The molecule has 0 saturated carbocycles. The molecule has 0 bridgehead atoms. The van der Waals surface area contributed by atoms with E-state index in [0.717, 1.165) is 16.3 Å². The molecular formula is C20H12O2. The molecule has 0 saturated heterocycles. The van der Waals surface area contributed by atoms with Crippen LogP contribution in [0.3, 0.4) is 0 Å². The number of ether oxygens (including phenoxy) is 1. The Balaban J connectivity index is 2.11. The van der Waals surface area contributed by atoms with Gasteiger partial charge >= 0.3 is 5.97 Å². The molecule has 0 spiro atoms. The molecule has 22 heavy (non-hydrogen) atoms. The van der Waals surface area contributed by atoms with Crippen molar-refractivity contribution >= 4 is 38.3 Å². The van der Waals surface area contributed by atoms with Gasteiger partial charge in [0.25, 0.3) is 0 Å². The standard InChI is InChI=1S/C20H12O2/c21-18-11-16-19-14(9-8-12-4-1-2-6-15(12)19)10-13-5-3-7-17(22-18)20(13)16/h1-10H,11H2. The second-order valence-electron chi connectivity index (χ2n) is 5.75. The SMILES string of the molecule is O=C1Cc2c3c(cccc3cc3ccc4ccccc4c23)O1. The Hall–Kier alpha value is -2.87. The highest BCUT2D eigenvalue weighted by molar-refractivity contribution is 6.17. The quantitative estimate of drug-likeness (QED) is 0.204. The molecule has 0 radical (unpaired) electrons. The second-order valence-corrected chi connectivity index (χ2v) is 5.75. The van der Waals surface area contributed by atoms with Crippen LogP contribution in [0, 0.1) is 0 Å². The first kappa shape index (κ1) is 11.8. The summed E-state index contributed by atoms with van der Waals surface area (Å²) in [5.41, 5.74) is 1.09. The van der Waals surface area contributed by atoms with E-state index in [-0.39, 0.29) is 5.97 Å². The molecule has 1 aliphatic rings. The largest absolute Gasteiger partial charge is 0.426 e. The zero-order valence-corrected chi connectivity index (χ0v) is 11.8. The number of hydrogen-bond acceptors (Lipinski definition) is 2. The van der Waals surface area contributed by atoms with Gasteiger partial charge in [0.05, 0.1) is 6.42 Å². The Morgan fingerprint density at radius 1 is 0.773 bits per heavy atom. The highest BCUT2D eigenvalue weighted by Crippen LogP contribution is 2.40. The van der Waals surface area contributed by atoms with Gasteiger partial charge in [0.15, 0.2) is 0 Å². The van der Waals surface area contributed by atoms with Crippen molar-refractivity contribution in [2.75, 3.05) is 0 Å². The molecule has 4 aromatic rings. The molecule has 104 valence electrons. The molecule has 0 amide bonds. The number of hydrogen-bond donors (Lipinski definition) is 0. The van der Waals surface area contributed by atoms with Crippen molar-refractivity contribution in [1.82, 2.24) is 0 Å². The van der Waals surface area contributed by atoms with E-state index in [1.807, 2.05) is 24.3 Å². The van der Waals surface area contributed by atoms with Gasteiger partial charge < -0.3 is 4.74 Å². The highest BCUT2D eigenvalue weighted by Gasteiger charge is 2.22. The molecule has 0 aromatic heterocycles. The Kier molecular flexibility index (Phi) is 2.18. The zero-order chi connectivity index (χ0) is 14.7. The molecule has 5 rings (SSSR count). The number of carbonyl (C=O) groups is 1. The number of carbonyl (C=O) groups excluding carboxylic acids is 1. The lowest BCUT2D eigenvalue weighted by molar-refractivity contribution is -0.133. The fourth-order valence-electron chi connectivity index (χ4n) is 3.59. The molecule has 1 aliphatic heterocycles. The predicted molar refractivity (Wildman–Crippen MR) is 88.3 cm³/mol. The van der Waals surface area contributed by atoms with E-state index in [1.54, 1.807) is 0 Å². The first-order valence-corrected chi connectivity index (χ1v) is 7.38. The van der Waals surface area contributed by atoms with Gasteiger partial charge in [0, 0.05) is 5.39 Å². The molecule has 2 nitrogen and oxygen atoms in total. The molecular weight excluding hydrogens is 272 g/mol. The molecule has 0 N–H and O–H groups in total. The molecule has 0 unspecified atom stereocenters. The van der Waals surface area contributed by atoms with Gasteiger partial charge in [-0.15, -0.1) is 0 Å². The van der Waals surface area contributed by atoms with Crippen LogP contribution in [0.2, 0.25) is 0 Å². The lowest BCUT2D eigenvalue weighted by Crippen LogP contribution is -2.16. The number of fused-ring (bicyclic) bond motifs is 4. The van der Waals surface area contributed by atoms with Crippen molar-refractivity contribution in [2.45, 2.75) is 6.42 Å². The number of esters is 1. The zero-order valence-electron chi connectivity index (χ0n) is 11.8. The second kappa shape index (κ2) is 4.08. The van der Waals surface area contributed by atoms with Crippen LogP contribution in [0.1, 0.15) is 5.56 Å². The van der Waals surface area contributed by atoms with Crippen molar-refractivity contribution in [3.8, 4) is 5.75 Å². The summed E-state index contributed by atoms with van der Waals surface area (Å²) < 4.78 is 5.43. The van der Waals surface area contributed by atoms with Gasteiger partial charge in [-0.25, -0.2) is 0 Å². The van der Waals surface area contributed by atoms with Gasteiger partial charge in [0.2, 0.25) is 0 Å². The summed E-state index contributed by atoms with van der Waals surface area (Å²) in [6, 6.07) is 20.7. The third kappa shape index (κ3) is 1.47. The van der Waals surface area contributed by atoms with Crippen LogP contribution < -0.4 is 4.74 Å². The van der Waals surface area contributed by atoms with E-state index in [0.29, 0.717) is 12.2 Å². The maximum absolute atomic E-state index is 12.0. The van der Waals surface area contributed by atoms with Crippen LogP contribution in [-0.4, -0.2) is 5.97 Å². The molecule has 0 aliphatic carbocycles. The van der Waals surface area contributed by atoms with Gasteiger partial charge in [-0.1, -0.05) is 48.5 Å². The molecule has 0 atom stereocenters. The summed E-state index contributed by atoms with van der Waals surface area (Å²) >= 11 is 0. The van der Waals surface area contributed by atoms with E-state index in [2.05, 4.69) is 36.4 Å². The summed E-state index contributed by atoms with van der Waals surface area (Å²) in [5.74, 6) is 0.499. The van der Waals surface area contributed by atoms with Gasteiger partial charge in [0.1, 0.15) is 5.75 Å². The Bertz CT molecular complexity index is 1090. The maximum Gasteiger partial charge on any atom is 0.315 e. The minimum absolute atomic E-state index is 0.180. The van der Waals surface area contributed by atoms with Crippen LogP contribution >= 0.6 is 0 Å². The van der Waals surface area contributed by atoms with E-state index < -0.39 is 0 Å². The van der Waals surface area contributed by atoms with Crippen LogP contribution in [-0.2, 0) is 11.2 Å². The van der Waals surface area contributed by atoms with Crippen molar-refractivity contribution in [1.29, 1.82) is 0 Å². The van der Waals surface area contributed by atoms with Crippen LogP contribution in [0.15, 0.2) is 60.7 Å². The summed E-state index contributed by atoms with van der Waals surface area (Å²) in [6.45, 7) is 0. The lowest BCUT2D eigenvalue weighted by Gasteiger charge is -2.20. The van der Waals surface area contributed by atoms with Crippen molar-refractivity contribution < 1.29 is 9.53 Å². The van der Waals surface area contributed by atoms with E-state index in [1.165, 1.54) is 21.5 Å². The third-order valence-corrected chi connectivity index (χ3v) is 4.48. The smallest absolute Gasteiger partial charge is 0.315 e. The highest BCUT2D eigenvalue weighted by atomic mass is 16.5. The average Bonchev–Trinajstić information content (AvgIpc) is 2.54. The summed E-state index contributed by atoms with van der Waals surface area (Å²) in [5, 5.41) is 6.94. The molecule has 0 fully saturated rings. The summed E-state index contributed by atoms with van der Waals surface area (Å²) in [7, 11) is 0. The Morgan fingerprint density at radius 3 is 2.50 bits per heavy atom. The summed E-state index contributed by atoms with van der Waals surface area (Å²) in [4.78, 5) is 12.0. The number of benzene rings is 4. The summed E-state index contributed by atoms with van der Waals surface area (Å²) in [6.07, 6.45) is 0.332. The van der Waals surface area contributed by atoms with E-state index in [9.17, 15) is 4.79 Å². The van der Waals surface area contributed by atoms with Crippen LogP contribution in [0.4, 0.5) is 0 Å². The minimum atomic E-state index is -0.180. The third-order valence-electron chi connectivity index (χ3n) is 4.48.